The van der Waals surface area contributed by atoms with Crippen LogP contribution >= 0.6 is 15.9 Å². The number of carbonyl (C=O) groups excluding carboxylic acids is 1. The van der Waals surface area contributed by atoms with Crippen LogP contribution in [0.1, 0.15) is 24.2 Å². The minimum Gasteiger partial charge on any atom is -0.366 e. The molecular weight excluding hydrogens is 294 g/mol. The molecule has 0 aromatic heterocycles. The van der Waals surface area contributed by atoms with Gasteiger partial charge in [-0.3, -0.25) is 4.79 Å². The Hall–Kier alpha value is -0.880. The summed E-state index contributed by atoms with van der Waals surface area (Å²) in [5, 5.41) is -0.533. The number of amides is 1. The van der Waals surface area contributed by atoms with Gasteiger partial charge in [-0.15, -0.1) is 0 Å². The molecule has 16 heavy (non-hydrogen) atoms. The highest BCUT2D eigenvalue weighted by molar-refractivity contribution is 9.10. The van der Waals surface area contributed by atoms with Crippen LogP contribution in [0, 0.1) is 0 Å². The van der Waals surface area contributed by atoms with Crippen molar-refractivity contribution in [3.05, 3.63) is 28.2 Å². The first-order chi connectivity index (χ1) is 7.26. The van der Waals surface area contributed by atoms with E-state index >= 15 is 0 Å². The fourth-order valence-electron chi connectivity index (χ4n) is 1.14. The standard InChI is InChI=1S/C10H12BrNO3S/c1-6(2)16(14,15)7-3-4-9(11)8(5-7)10(12)13/h3-6H,1-2H3,(H2,12,13). The molecule has 2 N–H and O–H groups in total. The van der Waals surface area contributed by atoms with E-state index in [1.807, 2.05) is 0 Å². The van der Waals surface area contributed by atoms with Crippen molar-refractivity contribution in [1.29, 1.82) is 0 Å². The van der Waals surface area contributed by atoms with Gasteiger partial charge in [0.25, 0.3) is 0 Å². The van der Waals surface area contributed by atoms with Gasteiger partial charge in [-0.1, -0.05) is 0 Å². The average molecular weight is 306 g/mol. The first-order valence-corrected chi connectivity index (χ1v) is 6.94. The molecule has 1 rings (SSSR count). The molecule has 1 aromatic rings. The predicted molar refractivity (Wildman–Crippen MR) is 65.0 cm³/mol. The number of halogens is 1. The van der Waals surface area contributed by atoms with E-state index in [2.05, 4.69) is 15.9 Å². The number of carbonyl (C=O) groups is 1. The Balaban J connectivity index is 3.40. The monoisotopic (exact) mass is 305 g/mol. The molecule has 0 bridgehead atoms. The molecule has 0 heterocycles. The van der Waals surface area contributed by atoms with Crippen molar-refractivity contribution >= 4 is 31.7 Å². The van der Waals surface area contributed by atoms with Crippen LogP contribution < -0.4 is 5.73 Å². The van der Waals surface area contributed by atoms with E-state index in [1.165, 1.54) is 18.2 Å². The molecule has 0 unspecified atom stereocenters. The van der Waals surface area contributed by atoms with Crippen molar-refractivity contribution in [2.24, 2.45) is 5.73 Å². The summed E-state index contributed by atoms with van der Waals surface area (Å²) in [5.74, 6) is -0.660. The van der Waals surface area contributed by atoms with Crippen molar-refractivity contribution in [2.75, 3.05) is 0 Å². The van der Waals surface area contributed by atoms with Gasteiger partial charge < -0.3 is 5.73 Å². The molecule has 6 heteroatoms. The van der Waals surface area contributed by atoms with Gasteiger partial charge in [0.15, 0.2) is 9.84 Å². The van der Waals surface area contributed by atoms with Crippen LogP contribution in [0.2, 0.25) is 0 Å². The van der Waals surface area contributed by atoms with Crippen molar-refractivity contribution in [3.8, 4) is 0 Å². The molecule has 1 aromatic carbocycles. The average Bonchev–Trinajstić information content (AvgIpc) is 2.17. The molecule has 4 nitrogen and oxygen atoms in total. The summed E-state index contributed by atoms with van der Waals surface area (Å²) in [6, 6.07) is 4.25. The first kappa shape index (κ1) is 13.2. The zero-order chi connectivity index (χ0) is 12.5. The summed E-state index contributed by atoms with van der Waals surface area (Å²) in [5.41, 5.74) is 5.31. The molecule has 0 aliphatic heterocycles. The molecule has 1 amide bonds. The Labute approximate surface area is 103 Å². The predicted octanol–water partition coefficient (Wildman–Crippen LogP) is 1.73. The van der Waals surface area contributed by atoms with E-state index in [-0.39, 0.29) is 10.5 Å². The number of primary amides is 1. The fraction of sp³-hybridized carbons (Fsp3) is 0.300. The second-order valence-corrected chi connectivity index (χ2v) is 6.96. The van der Waals surface area contributed by atoms with Gasteiger partial charge in [0, 0.05) is 4.47 Å². The summed E-state index contributed by atoms with van der Waals surface area (Å²) in [7, 11) is -3.38. The molecule has 0 spiro atoms. The third-order valence-corrected chi connectivity index (χ3v) is 5.00. The summed E-state index contributed by atoms with van der Waals surface area (Å²) >= 11 is 3.14. The third-order valence-electron chi connectivity index (χ3n) is 2.15. The van der Waals surface area contributed by atoms with E-state index in [4.69, 9.17) is 5.73 Å². The van der Waals surface area contributed by atoms with Crippen LogP contribution in [-0.4, -0.2) is 19.6 Å². The van der Waals surface area contributed by atoms with Gasteiger partial charge in [-0.25, -0.2) is 8.42 Å². The van der Waals surface area contributed by atoms with Gasteiger partial charge in [0.05, 0.1) is 15.7 Å². The van der Waals surface area contributed by atoms with Gasteiger partial charge in [-0.05, 0) is 48.0 Å². The van der Waals surface area contributed by atoms with Crippen LogP contribution in [0.15, 0.2) is 27.6 Å². The lowest BCUT2D eigenvalue weighted by atomic mass is 10.2. The van der Waals surface area contributed by atoms with E-state index in [0.29, 0.717) is 4.47 Å². The fourth-order valence-corrected chi connectivity index (χ4v) is 2.67. The number of benzene rings is 1. The Morgan fingerprint density at radius 1 is 1.38 bits per heavy atom. The van der Waals surface area contributed by atoms with Crippen LogP contribution in [0.25, 0.3) is 0 Å². The third kappa shape index (κ3) is 2.44. The molecule has 0 saturated carbocycles. The lowest BCUT2D eigenvalue weighted by Gasteiger charge is -2.09. The normalized spacial score (nSPS) is 11.8. The second-order valence-electron chi connectivity index (χ2n) is 3.60. The maximum Gasteiger partial charge on any atom is 0.249 e. The molecule has 88 valence electrons. The van der Waals surface area contributed by atoms with E-state index in [1.54, 1.807) is 13.8 Å². The highest BCUT2D eigenvalue weighted by atomic mass is 79.9. The smallest absolute Gasteiger partial charge is 0.249 e. The summed E-state index contributed by atoms with van der Waals surface area (Å²) in [4.78, 5) is 11.2. The van der Waals surface area contributed by atoms with Gasteiger partial charge in [0.2, 0.25) is 5.91 Å². The first-order valence-electron chi connectivity index (χ1n) is 4.60. The quantitative estimate of drug-likeness (QED) is 0.924. The molecule has 0 saturated heterocycles. The van der Waals surface area contributed by atoms with Crippen molar-refractivity contribution in [2.45, 2.75) is 24.0 Å². The lowest BCUT2D eigenvalue weighted by molar-refractivity contribution is 0.0999. The van der Waals surface area contributed by atoms with E-state index < -0.39 is 21.0 Å². The maximum absolute atomic E-state index is 11.9. The number of sulfone groups is 1. The van der Waals surface area contributed by atoms with Crippen molar-refractivity contribution in [3.63, 3.8) is 0 Å². The number of hydrogen-bond acceptors (Lipinski definition) is 3. The van der Waals surface area contributed by atoms with Gasteiger partial charge in [-0.2, -0.15) is 0 Å². The minimum absolute atomic E-state index is 0.111. The largest absolute Gasteiger partial charge is 0.366 e. The van der Waals surface area contributed by atoms with E-state index in [9.17, 15) is 13.2 Å². The van der Waals surface area contributed by atoms with Gasteiger partial charge >= 0.3 is 0 Å². The molecule has 0 aliphatic carbocycles. The Kier molecular flexibility index (Phi) is 3.75. The minimum atomic E-state index is -3.38. The lowest BCUT2D eigenvalue weighted by Crippen LogP contribution is -2.16. The zero-order valence-corrected chi connectivity index (χ0v) is 11.3. The Morgan fingerprint density at radius 3 is 2.38 bits per heavy atom. The summed E-state index contributed by atoms with van der Waals surface area (Å²) < 4.78 is 24.2. The molecule has 0 fully saturated rings. The maximum atomic E-state index is 11.9. The highest BCUT2D eigenvalue weighted by Gasteiger charge is 2.21. The number of rotatable bonds is 3. The SMILES string of the molecule is CC(C)S(=O)(=O)c1ccc(Br)c(C(N)=O)c1. The topological polar surface area (TPSA) is 77.2 Å². The van der Waals surface area contributed by atoms with Crippen LogP contribution in [0.3, 0.4) is 0 Å². The Morgan fingerprint density at radius 2 is 1.94 bits per heavy atom. The van der Waals surface area contributed by atoms with Crippen LogP contribution in [-0.2, 0) is 9.84 Å². The van der Waals surface area contributed by atoms with Crippen molar-refractivity contribution in [1.82, 2.24) is 0 Å². The number of hydrogen-bond donors (Lipinski definition) is 1. The molecule has 0 atom stereocenters. The van der Waals surface area contributed by atoms with Gasteiger partial charge in [0.1, 0.15) is 0 Å². The Bertz CT molecular complexity index is 523. The summed E-state index contributed by atoms with van der Waals surface area (Å²) in [6.45, 7) is 3.17. The zero-order valence-electron chi connectivity index (χ0n) is 8.90. The van der Waals surface area contributed by atoms with Crippen LogP contribution in [0.4, 0.5) is 0 Å². The van der Waals surface area contributed by atoms with Crippen LogP contribution in [0.5, 0.6) is 0 Å². The highest BCUT2D eigenvalue weighted by Crippen LogP contribution is 2.23. The summed E-state index contributed by atoms with van der Waals surface area (Å²) in [6.07, 6.45) is 0. The molecule has 0 radical (unpaired) electrons. The molecular formula is C10H12BrNO3S. The van der Waals surface area contributed by atoms with E-state index in [0.717, 1.165) is 0 Å². The second kappa shape index (κ2) is 4.55. The van der Waals surface area contributed by atoms with Crippen molar-refractivity contribution < 1.29 is 13.2 Å². The molecule has 0 aliphatic rings. The number of nitrogens with two attached hydrogens (primary N) is 1.